The normalized spacial score (nSPS) is 15.9. The first-order chi connectivity index (χ1) is 14.0. The molecule has 0 radical (unpaired) electrons. The third-order valence-corrected chi connectivity index (χ3v) is 7.12. The molecule has 29 heavy (non-hydrogen) atoms. The molecule has 3 rings (SSSR count). The molecule has 154 valence electrons. The first kappa shape index (κ1) is 22.0. The molecule has 1 amide bonds. The molecule has 1 N–H and O–H groups in total. The summed E-state index contributed by atoms with van der Waals surface area (Å²) in [5.74, 6) is 0.734. The summed E-state index contributed by atoms with van der Waals surface area (Å²) in [6.07, 6.45) is 4.47. The number of rotatable bonds is 7. The highest BCUT2D eigenvalue weighted by molar-refractivity contribution is 7.97. The van der Waals surface area contributed by atoms with Crippen LogP contribution in [0.4, 0.5) is 0 Å². The third kappa shape index (κ3) is 5.70. The number of likely N-dealkylation sites (tertiary alicyclic amines) is 1. The number of aryl methyl sites for hydroxylation is 1. The minimum Gasteiger partial charge on any atom is -0.341 e. The van der Waals surface area contributed by atoms with E-state index in [9.17, 15) is 10.1 Å². The van der Waals surface area contributed by atoms with Gasteiger partial charge in [-0.3, -0.25) is 4.79 Å². The fourth-order valence-corrected chi connectivity index (χ4v) is 4.81. The van der Waals surface area contributed by atoms with Crippen LogP contribution in [-0.2, 0) is 11.3 Å². The molecule has 1 fully saturated rings. The van der Waals surface area contributed by atoms with Gasteiger partial charge >= 0.3 is 0 Å². The molecule has 1 unspecified atom stereocenters. The van der Waals surface area contributed by atoms with Crippen molar-refractivity contribution in [2.75, 3.05) is 13.1 Å². The fourth-order valence-electron chi connectivity index (χ4n) is 3.37. The number of halogens is 2. The summed E-state index contributed by atoms with van der Waals surface area (Å²) in [6, 6.07) is 10.7. The van der Waals surface area contributed by atoms with Gasteiger partial charge in [0.1, 0.15) is 11.8 Å². The molecule has 1 aliphatic rings. The quantitative estimate of drug-likeness (QED) is 0.604. The zero-order valence-corrected chi connectivity index (χ0v) is 18.6. The van der Waals surface area contributed by atoms with Gasteiger partial charge in [0, 0.05) is 25.8 Å². The number of hydrogen-bond acceptors (Lipinski definition) is 4. The first-order valence-corrected chi connectivity index (χ1v) is 11.3. The maximum atomic E-state index is 13.2. The van der Waals surface area contributed by atoms with Gasteiger partial charge in [-0.2, -0.15) is 5.26 Å². The molecule has 1 saturated heterocycles. The highest BCUT2D eigenvalue weighted by Gasteiger charge is 2.27. The molecule has 1 atom stereocenters. The van der Waals surface area contributed by atoms with Crippen molar-refractivity contribution in [1.82, 2.24) is 14.2 Å². The van der Waals surface area contributed by atoms with Gasteiger partial charge in [0.05, 0.1) is 21.0 Å². The number of benzene rings is 1. The van der Waals surface area contributed by atoms with Gasteiger partial charge in [-0.15, -0.1) is 0 Å². The van der Waals surface area contributed by atoms with E-state index in [-0.39, 0.29) is 5.91 Å². The average Bonchev–Trinajstić information content (AvgIpc) is 3.17. The van der Waals surface area contributed by atoms with Crippen LogP contribution in [0.15, 0.2) is 41.4 Å². The minimum absolute atomic E-state index is 0.0817. The summed E-state index contributed by atoms with van der Waals surface area (Å²) < 4.78 is 5.15. The van der Waals surface area contributed by atoms with Crippen LogP contribution in [0.1, 0.15) is 31.9 Å². The number of carbonyl (C=O) groups excluding carboxylic acids is 1. The lowest BCUT2D eigenvalue weighted by Gasteiger charge is -2.33. The summed E-state index contributed by atoms with van der Waals surface area (Å²) in [5.41, 5.74) is 0.588. The van der Waals surface area contributed by atoms with Crippen LogP contribution >= 0.6 is 35.1 Å². The van der Waals surface area contributed by atoms with Crippen molar-refractivity contribution in [2.24, 2.45) is 5.92 Å². The molecular formula is C21H24Cl2N4OS. The SMILES string of the molecule is CC1CCN(C(=O)C(CCn2cccc2C#N)NSc2c(Cl)cccc2Cl)CC1. The topological polar surface area (TPSA) is 61.1 Å². The number of nitriles is 1. The molecular weight excluding hydrogens is 427 g/mol. The molecule has 8 heteroatoms. The van der Waals surface area contributed by atoms with Gasteiger partial charge in [0.15, 0.2) is 0 Å². The van der Waals surface area contributed by atoms with Crippen molar-refractivity contribution < 1.29 is 4.79 Å². The Labute approximate surface area is 186 Å². The smallest absolute Gasteiger partial charge is 0.240 e. The van der Waals surface area contributed by atoms with Crippen LogP contribution in [0.25, 0.3) is 0 Å². The number of nitrogens with zero attached hydrogens (tertiary/aromatic N) is 3. The molecule has 0 spiro atoms. The summed E-state index contributed by atoms with van der Waals surface area (Å²) in [7, 11) is 0. The zero-order valence-electron chi connectivity index (χ0n) is 16.3. The lowest BCUT2D eigenvalue weighted by molar-refractivity contribution is -0.134. The second-order valence-electron chi connectivity index (χ2n) is 7.32. The lowest BCUT2D eigenvalue weighted by Crippen LogP contribution is -2.47. The Morgan fingerprint density at radius 2 is 1.97 bits per heavy atom. The van der Waals surface area contributed by atoms with Crippen LogP contribution in [0.5, 0.6) is 0 Å². The Balaban J connectivity index is 1.71. The molecule has 5 nitrogen and oxygen atoms in total. The number of piperidine rings is 1. The predicted octanol–water partition coefficient (Wildman–Crippen LogP) is 4.98. The maximum absolute atomic E-state index is 13.2. The highest BCUT2D eigenvalue weighted by Crippen LogP contribution is 2.32. The monoisotopic (exact) mass is 450 g/mol. The largest absolute Gasteiger partial charge is 0.341 e. The fraction of sp³-hybridized carbons (Fsp3) is 0.429. The summed E-state index contributed by atoms with van der Waals surface area (Å²) in [4.78, 5) is 15.9. The van der Waals surface area contributed by atoms with Gasteiger partial charge in [0.25, 0.3) is 0 Å². The van der Waals surface area contributed by atoms with Crippen molar-refractivity contribution in [2.45, 2.75) is 43.7 Å². The molecule has 1 aromatic carbocycles. The third-order valence-electron chi connectivity index (χ3n) is 5.22. The molecule has 1 aliphatic heterocycles. The molecule has 0 bridgehead atoms. The lowest BCUT2D eigenvalue weighted by atomic mass is 9.98. The number of carbonyl (C=O) groups is 1. The van der Waals surface area contributed by atoms with Crippen LogP contribution < -0.4 is 4.72 Å². The second kappa shape index (κ2) is 10.4. The van der Waals surface area contributed by atoms with Gasteiger partial charge in [-0.05, 0) is 61.4 Å². The second-order valence-corrected chi connectivity index (χ2v) is 8.98. The van der Waals surface area contributed by atoms with Crippen LogP contribution in [-0.4, -0.2) is 34.5 Å². The van der Waals surface area contributed by atoms with E-state index < -0.39 is 6.04 Å². The Hall–Kier alpha value is -1.65. The Bertz CT molecular complexity index is 867. The van der Waals surface area contributed by atoms with Crippen LogP contribution in [0.2, 0.25) is 10.0 Å². The van der Waals surface area contributed by atoms with Crippen molar-refractivity contribution in [3.8, 4) is 6.07 Å². The minimum atomic E-state index is -0.408. The molecule has 2 aromatic rings. The number of amides is 1. The molecule has 0 saturated carbocycles. The van der Waals surface area contributed by atoms with Crippen molar-refractivity contribution in [3.05, 3.63) is 52.3 Å². The molecule has 2 heterocycles. The van der Waals surface area contributed by atoms with Crippen LogP contribution in [0.3, 0.4) is 0 Å². The van der Waals surface area contributed by atoms with E-state index in [4.69, 9.17) is 23.2 Å². The first-order valence-electron chi connectivity index (χ1n) is 9.70. The summed E-state index contributed by atoms with van der Waals surface area (Å²) in [6.45, 7) is 4.36. The van der Waals surface area contributed by atoms with Crippen molar-refractivity contribution >= 4 is 41.1 Å². The summed E-state index contributed by atoms with van der Waals surface area (Å²) >= 11 is 13.8. The van der Waals surface area contributed by atoms with Gasteiger partial charge < -0.3 is 9.47 Å². The van der Waals surface area contributed by atoms with E-state index in [2.05, 4.69) is 17.7 Å². The van der Waals surface area contributed by atoms with E-state index >= 15 is 0 Å². The van der Waals surface area contributed by atoms with Gasteiger partial charge in [-0.1, -0.05) is 36.2 Å². The van der Waals surface area contributed by atoms with Crippen molar-refractivity contribution in [3.63, 3.8) is 0 Å². The Morgan fingerprint density at radius 3 is 2.62 bits per heavy atom. The van der Waals surface area contributed by atoms with E-state index in [0.717, 1.165) is 25.9 Å². The van der Waals surface area contributed by atoms with Crippen molar-refractivity contribution in [1.29, 1.82) is 5.26 Å². The average molecular weight is 451 g/mol. The van der Waals surface area contributed by atoms with E-state index in [1.807, 2.05) is 21.7 Å². The number of hydrogen-bond donors (Lipinski definition) is 1. The number of nitrogens with one attached hydrogen (secondary N) is 1. The molecule has 0 aliphatic carbocycles. The Morgan fingerprint density at radius 1 is 1.28 bits per heavy atom. The summed E-state index contributed by atoms with van der Waals surface area (Å²) in [5, 5.41) is 10.3. The maximum Gasteiger partial charge on any atom is 0.240 e. The van der Waals surface area contributed by atoms with E-state index in [1.165, 1.54) is 11.9 Å². The molecule has 1 aromatic heterocycles. The van der Waals surface area contributed by atoms with Gasteiger partial charge in [0.2, 0.25) is 5.91 Å². The van der Waals surface area contributed by atoms with Crippen LogP contribution in [0, 0.1) is 17.2 Å². The standard InChI is InChI=1S/C21H24Cl2N4OS/c1-15-7-11-27(12-8-15)21(28)19(9-13-26-10-3-4-16(26)14-24)25-29-20-17(22)5-2-6-18(20)23/h2-6,10,15,19,25H,7-9,11-13H2,1H3. The number of aromatic nitrogens is 1. The Kier molecular flexibility index (Phi) is 7.91. The predicted molar refractivity (Wildman–Crippen MR) is 118 cm³/mol. The van der Waals surface area contributed by atoms with E-state index in [1.54, 1.807) is 24.3 Å². The van der Waals surface area contributed by atoms with Gasteiger partial charge in [-0.25, -0.2) is 4.72 Å². The van der Waals surface area contributed by atoms with E-state index in [0.29, 0.717) is 39.5 Å². The highest BCUT2D eigenvalue weighted by atomic mass is 35.5. The zero-order chi connectivity index (χ0) is 20.8.